The first kappa shape index (κ1) is 14.3. The Balaban J connectivity index is 2.33. The molecule has 2 aromatic rings. The van der Waals surface area contributed by atoms with Crippen molar-refractivity contribution in [3.8, 4) is 5.75 Å². The van der Waals surface area contributed by atoms with Crippen LogP contribution in [0.25, 0.3) is 10.9 Å². The number of anilines is 1. The number of unbranched alkanes of at least 4 members (excludes halogenated alkanes) is 1. The molecule has 0 spiro atoms. The fourth-order valence-electron chi connectivity index (χ4n) is 1.94. The first-order valence-electron chi connectivity index (χ1n) is 7.06. The Morgan fingerprint density at radius 1 is 1.30 bits per heavy atom. The van der Waals surface area contributed by atoms with Crippen LogP contribution in [0.15, 0.2) is 30.5 Å². The first-order chi connectivity index (χ1) is 9.76. The predicted molar refractivity (Wildman–Crippen MR) is 81.1 cm³/mol. The van der Waals surface area contributed by atoms with Gasteiger partial charge in [0.1, 0.15) is 11.3 Å². The lowest BCUT2D eigenvalue weighted by molar-refractivity contribution is -0.115. The van der Waals surface area contributed by atoms with Gasteiger partial charge in [0, 0.05) is 18.0 Å². The quantitative estimate of drug-likeness (QED) is 0.814. The molecular weight excluding hydrogens is 252 g/mol. The number of pyridine rings is 1. The number of nitrogens with one attached hydrogen (secondary N) is 1. The van der Waals surface area contributed by atoms with Crippen molar-refractivity contribution in [2.24, 2.45) is 0 Å². The molecule has 1 aromatic heterocycles. The molecule has 0 saturated heterocycles. The maximum Gasteiger partial charge on any atom is 0.224 e. The molecule has 4 heteroatoms. The molecule has 20 heavy (non-hydrogen) atoms. The first-order valence-corrected chi connectivity index (χ1v) is 7.06. The summed E-state index contributed by atoms with van der Waals surface area (Å²) < 4.78 is 5.77. The van der Waals surface area contributed by atoms with Gasteiger partial charge in [0.2, 0.25) is 5.91 Å². The van der Waals surface area contributed by atoms with Gasteiger partial charge in [-0.1, -0.05) is 20.3 Å². The minimum Gasteiger partial charge on any atom is -0.491 e. The summed E-state index contributed by atoms with van der Waals surface area (Å²) in [5.74, 6) is 0.762. The molecule has 2 rings (SSSR count). The SMILES string of the molecule is CCCCOc1ccc(NC(=O)CC)c2cccnc12. The summed E-state index contributed by atoms with van der Waals surface area (Å²) in [5.41, 5.74) is 1.57. The standard InChI is InChI=1S/C16H20N2O2/c1-3-5-11-20-14-9-8-13(18-15(19)4-2)12-7-6-10-17-16(12)14/h6-10H,3-5,11H2,1-2H3,(H,18,19). The van der Waals surface area contributed by atoms with Gasteiger partial charge in [0.05, 0.1) is 12.3 Å². The van der Waals surface area contributed by atoms with Crippen molar-refractivity contribution in [3.63, 3.8) is 0 Å². The van der Waals surface area contributed by atoms with Gasteiger partial charge < -0.3 is 10.1 Å². The lowest BCUT2D eigenvalue weighted by Gasteiger charge is -2.12. The summed E-state index contributed by atoms with van der Waals surface area (Å²) in [7, 11) is 0. The zero-order chi connectivity index (χ0) is 14.4. The number of fused-ring (bicyclic) bond motifs is 1. The molecule has 0 aliphatic heterocycles. The average molecular weight is 272 g/mol. The van der Waals surface area contributed by atoms with Crippen LogP contribution in [0.3, 0.4) is 0 Å². The topological polar surface area (TPSA) is 51.2 Å². The van der Waals surface area contributed by atoms with Gasteiger partial charge in [-0.3, -0.25) is 9.78 Å². The molecule has 0 atom stereocenters. The number of rotatable bonds is 6. The second kappa shape index (κ2) is 6.89. The Hall–Kier alpha value is -2.10. The minimum atomic E-state index is -0.00481. The van der Waals surface area contributed by atoms with E-state index in [0.717, 1.165) is 35.2 Å². The highest BCUT2D eigenvalue weighted by Crippen LogP contribution is 2.30. The van der Waals surface area contributed by atoms with Crippen LogP contribution in [-0.4, -0.2) is 17.5 Å². The monoisotopic (exact) mass is 272 g/mol. The van der Waals surface area contributed by atoms with Crippen molar-refractivity contribution in [1.82, 2.24) is 4.98 Å². The van der Waals surface area contributed by atoms with Gasteiger partial charge in [-0.25, -0.2) is 0 Å². The molecule has 1 heterocycles. The second-order valence-corrected chi connectivity index (χ2v) is 4.61. The van der Waals surface area contributed by atoms with E-state index < -0.39 is 0 Å². The highest BCUT2D eigenvalue weighted by atomic mass is 16.5. The molecule has 0 radical (unpaired) electrons. The van der Waals surface area contributed by atoms with Crippen molar-refractivity contribution < 1.29 is 9.53 Å². The summed E-state index contributed by atoms with van der Waals surface area (Å²) in [5, 5.41) is 3.80. The van der Waals surface area contributed by atoms with E-state index >= 15 is 0 Å². The average Bonchev–Trinajstić information content (AvgIpc) is 2.49. The minimum absolute atomic E-state index is 0.00481. The summed E-state index contributed by atoms with van der Waals surface area (Å²) in [6.45, 7) is 4.64. The molecule has 0 saturated carbocycles. The van der Waals surface area contributed by atoms with Crippen LogP contribution in [-0.2, 0) is 4.79 Å². The largest absolute Gasteiger partial charge is 0.491 e. The molecule has 0 aliphatic rings. The van der Waals surface area contributed by atoms with Gasteiger partial charge in [0.15, 0.2) is 0 Å². The molecule has 106 valence electrons. The van der Waals surface area contributed by atoms with Crippen molar-refractivity contribution in [1.29, 1.82) is 0 Å². The third-order valence-electron chi connectivity index (χ3n) is 3.08. The van der Waals surface area contributed by atoms with E-state index in [2.05, 4.69) is 17.2 Å². The number of carbonyl (C=O) groups is 1. The molecular formula is C16H20N2O2. The third-order valence-corrected chi connectivity index (χ3v) is 3.08. The third kappa shape index (κ3) is 3.26. The molecule has 4 nitrogen and oxygen atoms in total. The summed E-state index contributed by atoms with van der Waals surface area (Å²) in [4.78, 5) is 15.9. The molecule has 1 N–H and O–H groups in total. The van der Waals surface area contributed by atoms with Crippen molar-refractivity contribution >= 4 is 22.5 Å². The Kier molecular flexibility index (Phi) is 4.93. The van der Waals surface area contributed by atoms with Crippen LogP contribution >= 0.6 is 0 Å². The Morgan fingerprint density at radius 2 is 2.15 bits per heavy atom. The molecule has 0 aliphatic carbocycles. The number of carbonyl (C=O) groups excluding carboxylic acids is 1. The highest BCUT2D eigenvalue weighted by Gasteiger charge is 2.09. The number of hydrogen-bond donors (Lipinski definition) is 1. The molecule has 0 bridgehead atoms. The number of aromatic nitrogens is 1. The zero-order valence-corrected chi connectivity index (χ0v) is 12.0. The van der Waals surface area contributed by atoms with E-state index in [-0.39, 0.29) is 5.91 Å². The van der Waals surface area contributed by atoms with E-state index in [0.29, 0.717) is 13.0 Å². The van der Waals surface area contributed by atoms with Gasteiger partial charge >= 0.3 is 0 Å². The summed E-state index contributed by atoms with van der Waals surface area (Å²) in [6.07, 6.45) is 4.30. The number of hydrogen-bond acceptors (Lipinski definition) is 3. The van der Waals surface area contributed by atoms with E-state index in [1.165, 1.54) is 0 Å². The Morgan fingerprint density at radius 3 is 2.90 bits per heavy atom. The molecule has 1 aromatic carbocycles. The van der Waals surface area contributed by atoms with Crippen molar-refractivity contribution in [3.05, 3.63) is 30.5 Å². The zero-order valence-electron chi connectivity index (χ0n) is 12.0. The van der Waals surface area contributed by atoms with Crippen LogP contribution in [0, 0.1) is 0 Å². The lowest BCUT2D eigenvalue weighted by Crippen LogP contribution is -2.10. The van der Waals surface area contributed by atoms with Crippen LogP contribution in [0.1, 0.15) is 33.1 Å². The normalized spacial score (nSPS) is 10.5. The second-order valence-electron chi connectivity index (χ2n) is 4.61. The van der Waals surface area contributed by atoms with Crippen LogP contribution in [0.4, 0.5) is 5.69 Å². The van der Waals surface area contributed by atoms with Crippen LogP contribution in [0.2, 0.25) is 0 Å². The Bertz CT molecular complexity index is 596. The maximum absolute atomic E-state index is 11.6. The lowest BCUT2D eigenvalue weighted by atomic mass is 10.1. The molecule has 0 unspecified atom stereocenters. The summed E-state index contributed by atoms with van der Waals surface area (Å²) >= 11 is 0. The fraction of sp³-hybridized carbons (Fsp3) is 0.375. The molecule has 1 amide bonds. The Labute approximate surface area is 119 Å². The van der Waals surface area contributed by atoms with E-state index in [4.69, 9.17) is 4.74 Å². The van der Waals surface area contributed by atoms with Gasteiger partial charge in [-0.2, -0.15) is 0 Å². The number of nitrogens with zero attached hydrogens (tertiary/aromatic N) is 1. The van der Waals surface area contributed by atoms with Gasteiger partial charge in [0.25, 0.3) is 0 Å². The van der Waals surface area contributed by atoms with Gasteiger partial charge in [-0.05, 0) is 30.7 Å². The maximum atomic E-state index is 11.6. The highest BCUT2D eigenvalue weighted by molar-refractivity contribution is 6.02. The fourth-order valence-corrected chi connectivity index (χ4v) is 1.94. The van der Waals surface area contributed by atoms with E-state index in [1.54, 1.807) is 6.20 Å². The number of ether oxygens (including phenoxy) is 1. The van der Waals surface area contributed by atoms with Crippen molar-refractivity contribution in [2.45, 2.75) is 33.1 Å². The number of benzene rings is 1. The predicted octanol–water partition coefficient (Wildman–Crippen LogP) is 3.76. The smallest absolute Gasteiger partial charge is 0.224 e. The van der Waals surface area contributed by atoms with E-state index in [1.807, 2.05) is 31.2 Å². The summed E-state index contributed by atoms with van der Waals surface area (Å²) in [6, 6.07) is 7.55. The van der Waals surface area contributed by atoms with Crippen LogP contribution in [0.5, 0.6) is 5.75 Å². The van der Waals surface area contributed by atoms with Gasteiger partial charge in [-0.15, -0.1) is 0 Å². The molecule has 0 fully saturated rings. The number of amides is 1. The van der Waals surface area contributed by atoms with Crippen LogP contribution < -0.4 is 10.1 Å². The van der Waals surface area contributed by atoms with E-state index in [9.17, 15) is 4.79 Å². The van der Waals surface area contributed by atoms with Crippen molar-refractivity contribution in [2.75, 3.05) is 11.9 Å².